The lowest BCUT2D eigenvalue weighted by atomic mass is 10.1. The lowest BCUT2D eigenvalue weighted by Gasteiger charge is -2.05. The van der Waals surface area contributed by atoms with Crippen molar-refractivity contribution in [2.45, 2.75) is 13.8 Å². The summed E-state index contributed by atoms with van der Waals surface area (Å²) in [5.41, 5.74) is 0.113. The number of halogens is 3. The molecule has 0 aliphatic carbocycles. The third kappa shape index (κ3) is 2.89. The van der Waals surface area contributed by atoms with Gasteiger partial charge in [0.05, 0.1) is 18.5 Å². The molecule has 0 radical (unpaired) electrons. The second-order valence-corrected chi connectivity index (χ2v) is 5.62. The maximum absolute atomic E-state index is 13.7. The molecule has 0 saturated heterocycles. The SMILES string of the molecule is CCOC(=O)c1nn2cc(-c3cc(F)c(Cl)c(F)c3)[nH]c(=O)c2c1C. The van der Waals surface area contributed by atoms with Crippen LogP contribution in [0, 0.1) is 18.6 Å². The molecule has 0 unspecified atom stereocenters. The van der Waals surface area contributed by atoms with Crippen molar-refractivity contribution in [3.8, 4) is 11.3 Å². The van der Waals surface area contributed by atoms with Crippen LogP contribution in [0.15, 0.2) is 23.1 Å². The second-order valence-electron chi connectivity index (χ2n) is 5.24. The largest absolute Gasteiger partial charge is 0.461 e. The Bertz CT molecular complexity index is 1040. The van der Waals surface area contributed by atoms with Crippen LogP contribution in [0.3, 0.4) is 0 Å². The number of carbonyl (C=O) groups is 1. The van der Waals surface area contributed by atoms with Gasteiger partial charge in [-0.25, -0.2) is 18.1 Å². The van der Waals surface area contributed by atoms with Crippen molar-refractivity contribution in [1.82, 2.24) is 14.6 Å². The van der Waals surface area contributed by atoms with Crippen molar-refractivity contribution in [3.63, 3.8) is 0 Å². The van der Waals surface area contributed by atoms with Gasteiger partial charge in [0.25, 0.3) is 5.56 Å². The third-order valence-electron chi connectivity index (χ3n) is 3.63. The summed E-state index contributed by atoms with van der Waals surface area (Å²) in [6.45, 7) is 3.37. The van der Waals surface area contributed by atoms with Crippen molar-refractivity contribution in [1.29, 1.82) is 0 Å². The molecule has 0 aliphatic heterocycles. The Labute approximate surface area is 145 Å². The average Bonchev–Trinajstić information content (AvgIpc) is 2.89. The van der Waals surface area contributed by atoms with Crippen LogP contribution in [-0.4, -0.2) is 27.2 Å². The van der Waals surface area contributed by atoms with E-state index in [9.17, 15) is 18.4 Å². The standard InChI is InChI=1S/C16H12ClF2N3O3/c1-3-25-16(24)13-7(2)14-15(23)20-11(6-22(14)21-13)8-4-9(18)12(17)10(19)5-8/h4-6H,3H2,1-2H3,(H,20,23). The summed E-state index contributed by atoms with van der Waals surface area (Å²) in [5, 5.41) is 3.42. The Morgan fingerprint density at radius 3 is 2.60 bits per heavy atom. The number of benzene rings is 1. The van der Waals surface area contributed by atoms with Crippen LogP contribution in [-0.2, 0) is 4.74 Å². The zero-order chi connectivity index (χ0) is 18.3. The van der Waals surface area contributed by atoms with Crippen LogP contribution in [0.4, 0.5) is 8.78 Å². The minimum absolute atomic E-state index is 0.00188. The molecule has 25 heavy (non-hydrogen) atoms. The summed E-state index contributed by atoms with van der Waals surface area (Å²) >= 11 is 5.46. The number of ether oxygens (including phenoxy) is 1. The fourth-order valence-electron chi connectivity index (χ4n) is 2.47. The van der Waals surface area contributed by atoms with Gasteiger partial charge in [0.1, 0.15) is 22.2 Å². The van der Waals surface area contributed by atoms with Gasteiger partial charge in [-0.15, -0.1) is 0 Å². The monoisotopic (exact) mass is 367 g/mol. The molecule has 2 aromatic heterocycles. The number of fused-ring (bicyclic) bond motifs is 1. The van der Waals surface area contributed by atoms with Crippen LogP contribution in [0.25, 0.3) is 16.8 Å². The minimum atomic E-state index is -0.957. The molecule has 1 aromatic carbocycles. The number of rotatable bonds is 3. The number of hydrogen-bond donors (Lipinski definition) is 1. The molecule has 9 heteroatoms. The number of hydrogen-bond acceptors (Lipinski definition) is 4. The number of aromatic amines is 1. The summed E-state index contributed by atoms with van der Waals surface area (Å²) in [6.07, 6.45) is 1.36. The second kappa shape index (κ2) is 6.29. The predicted molar refractivity (Wildman–Crippen MR) is 86.9 cm³/mol. The van der Waals surface area contributed by atoms with E-state index in [0.29, 0.717) is 5.56 Å². The topological polar surface area (TPSA) is 76.5 Å². The first-order valence-electron chi connectivity index (χ1n) is 7.27. The molecule has 0 bridgehead atoms. The van der Waals surface area contributed by atoms with Crippen molar-refractivity contribution < 1.29 is 18.3 Å². The number of aromatic nitrogens is 3. The van der Waals surface area contributed by atoms with E-state index >= 15 is 0 Å². The van der Waals surface area contributed by atoms with E-state index in [2.05, 4.69) is 10.1 Å². The normalized spacial score (nSPS) is 11.1. The zero-order valence-electron chi connectivity index (χ0n) is 13.2. The van der Waals surface area contributed by atoms with E-state index in [1.807, 2.05) is 0 Å². The first-order valence-corrected chi connectivity index (χ1v) is 7.65. The van der Waals surface area contributed by atoms with E-state index in [0.717, 1.165) is 12.1 Å². The first-order chi connectivity index (χ1) is 11.8. The fourth-order valence-corrected chi connectivity index (χ4v) is 2.58. The number of aryl methyl sites for hydroxylation is 1. The highest BCUT2D eigenvalue weighted by molar-refractivity contribution is 6.31. The molecular formula is C16H12ClF2N3O3. The lowest BCUT2D eigenvalue weighted by molar-refractivity contribution is 0.0518. The van der Waals surface area contributed by atoms with Gasteiger partial charge >= 0.3 is 5.97 Å². The molecule has 130 valence electrons. The number of carbonyl (C=O) groups excluding carboxylic acids is 1. The lowest BCUT2D eigenvalue weighted by Crippen LogP contribution is -2.11. The molecule has 3 rings (SSSR count). The summed E-state index contributed by atoms with van der Waals surface area (Å²) in [6, 6.07) is 1.98. The number of nitrogens with zero attached hydrogens (tertiary/aromatic N) is 2. The highest BCUT2D eigenvalue weighted by atomic mass is 35.5. The van der Waals surface area contributed by atoms with E-state index < -0.39 is 28.2 Å². The van der Waals surface area contributed by atoms with Gasteiger partial charge in [0.2, 0.25) is 0 Å². The van der Waals surface area contributed by atoms with Gasteiger partial charge in [0, 0.05) is 11.1 Å². The maximum Gasteiger partial charge on any atom is 0.359 e. The Morgan fingerprint density at radius 2 is 2.00 bits per heavy atom. The highest BCUT2D eigenvalue weighted by Crippen LogP contribution is 2.26. The van der Waals surface area contributed by atoms with Crippen molar-refractivity contribution >= 4 is 23.1 Å². The molecular weight excluding hydrogens is 356 g/mol. The van der Waals surface area contributed by atoms with Crippen molar-refractivity contribution in [2.24, 2.45) is 0 Å². The van der Waals surface area contributed by atoms with E-state index in [-0.39, 0.29) is 29.1 Å². The summed E-state index contributed by atoms with van der Waals surface area (Å²) < 4.78 is 33.4. The molecule has 2 heterocycles. The summed E-state index contributed by atoms with van der Waals surface area (Å²) in [4.78, 5) is 26.8. The smallest absolute Gasteiger partial charge is 0.359 e. The van der Waals surface area contributed by atoms with Gasteiger partial charge in [-0.05, 0) is 26.0 Å². The minimum Gasteiger partial charge on any atom is -0.461 e. The van der Waals surface area contributed by atoms with Crippen LogP contribution < -0.4 is 5.56 Å². The Balaban J connectivity index is 2.20. The van der Waals surface area contributed by atoms with E-state index in [1.165, 1.54) is 10.7 Å². The zero-order valence-corrected chi connectivity index (χ0v) is 13.9. The molecule has 6 nitrogen and oxygen atoms in total. The fraction of sp³-hybridized carbons (Fsp3) is 0.188. The van der Waals surface area contributed by atoms with E-state index in [4.69, 9.17) is 16.3 Å². The first kappa shape index (κ1) is 17.1. The summed E-state index contributed by atoms with van der Waals surface area (Å²) in [5.74, 6) is -2.57. The van der Waals surface area contributed by atoms with Crippen LogP contribution in [0.1, 0.15) is 23.0 Å². The molecule has 0 fully saturated rings. The number of nitrogens with one attached hydrogen (secondary N) is 1. The third-order valence-corrected chi connectivity index (χ3v) is 3.99. The Kier molecular flexibility index (Phi) is 4.30. The number of H-pyrrole nitrogens is 1. The molecule has 0 spiro atoms. The van der Waals surface area contributed by atoms with E-state index in [1.54, 1.807) is 13.8 Å². The molecule has 3 aromatic rings. The highest BCUT2D eigenvalue weighted by Gasteiger charge is 2.20. The number of esters is 1. The van der Waals surface area contributed by atoms with Gasteiger partial charge in [0.15, 0.2) is 5.69 Å². The van der Waals surface area contributed by atoms with Crippen molar-refractivity contribution in [2.75, 3.05) is 6.61 Å². The van der Waals surface area contributed by atoms with Crippen LogP contribution >= 0.6 is 11.6 Å². The van der Waals surface area contributed by atoms with Crippen LogP contribution in [0.2, 0.25) is 5.02 Å². The Hall–Kier alpha value is -2.74. The van der Waals surface area contributed by atoms with Crippen LogP contribution in [0.5, 0.6) is 0 Å². The molecule has 1 N–H and O–H groups in total. The average molecular weight is 368 g/mol. The van der Waals surface area contributed by atoms with Crippen molar-refractivity contribution in [3.05, 3.63) is 56.6 Å². The molecule has 0 aliphatic rings. The van der Waals surface area contributed by atoms with Gasteiger partial charge in [-0.2, -0.15) is 5.10 Å². The quantitative estimate of drug-likeness (QED) is 0.570. The maximum atomic E-state index is 13.7. The van der Waals surface area contributed by atoms with Gasteiger partial charge < -0.3 is 9.72 Å². The predicted octanol–water partition coefficient (Wildman–Crippen LogP) is 3.11. The molecule has 0 amide bonds. The van der Waals surface area contributed by atoms with Gasteiger partial charge in [-0.3, -0.25) is 4.79 Å². The van der Waals surface area contributed by atoms with Gasteiger partial charge in [-0.1, -0.05) is 11.6 Å². The summed E-state index contributed by atoms with van der Waals surface area (Å²) in [7, 11) is 0. The molecule has 0 atom stereocenters. The molecule has 0 saturated carbocycles. The Morgan fingerprint density at radius 1 is 1.36 bits per heavy atom.